The second kappa shape index (κ2) is 11.1. The van der Waals surface area contributed by atoms with Crippen molar-refractivity contribution in [2.24, 2.45) is 0 Å². The van der Waals surface area contributed by atoms with Crippen LogP contribution in [0.5, 0.6) is 11.5 Å². The third-order valence-electron chi connectivity index (χ3n) is 4.98. The molecule has 1 aliphatic heterocycles. The SMILES string of the molecule is CCOc1cc(/C=C2/SC(=O)N(Cc3cccc(Br)c3)C2=O)ccc1OCc1ccc(Cl)cc1. The number of carbonyl (C=O) groups is 2. The Morgan fingerprint density at radius 2 is 1.76 bits per heavy atom. The summed E-state index contributed by atoms with van der Waals surface area (Å²) in [5, 5.41) is 0.383. The van der Waals surface area contributed by atoms with Crippen molar-refractivity contribution in [3.05, 3.63) is 97.8 Å². The zero-order valence-electron chi connectivity index (χ0n) is 18.3. The molecular formula is C26H21BrClNO4S. The highest BCUT2D eigenvalue weighted by atomic mass is 79.9. The molecule has 1 aliphatic rings. The lowest BCUT2D eigenvalue weighted by Gasteiger charge is -2.13. The van der Waals surface area contributed by atoms with Crippen LogP contribution in [0.25, 0.3) is 6.08 Å². The molecular weight excluding hydrogens is 538 g/mol. The van der Waals surface area contributed by atoms with E-state index in [2.05, 4.69) is 15.9 Å². The van der Waals surface area contributed by atoms with Crippen molar-refractivity contribution in [2.45, 2.75) is 20.1 Å². The molecule has 8 heteroatoms. The highest BCUT2D eigenvalue weighted by Crippen LogP contribution is 2.35. The largest absolute Gasteiger partial charge is 0.490 e. The lowest BCUT2D eigenvalue weighted by molar-refractivity contribution is -0.123. The average molecular weight is 559 g/mol. The second-order valence-corrected chi connectivity index (χ2v) is 9.80. The summed E-state index contributed by atoms with van der Waals surface area (Å²) in [5.74, 6) is 0.853. The van der Waals surface area contributed by atoms with Crippen LogP contribution >= 0.6 is 39.3 Å². The quantitative estimate of drug-likeness (QED) is 0.271. The highest BCUT2D eigenvalue weighted by molar-refractivity contribution is 9.10. The van der Waals surface area contributed by atoms with Gasteiger partial charge in [-0.3, -0.25) is 14.5 Å². The lowest BCUT2D eigenvalue weighted by Crippen LogP contribution is -2.27. The first kappa shape index (κ1) is 24.4. The standard InChI is InChI=1S/C26H21BrClNO4S/c1-2-32-23-13-18(8-11-22(23)33-16-17-6-9-21(28)10-7-17)14-24-25(30)29(26(31)34-24)15-19-4-3-5-20(27)12-19/h3-14H,2,15-16H2,1H3/b24-14+. The number of halogens is 2. The Bertz CT molecular complexity index is 1250. The van der Waals surface area contributed by atoms with Gasteiger partial charge in [-0.2, -0.15) is 0 Å². The molecule has 4 rings (SSSR count). The number of hydrogen-bond acceptors (Lipinski definition) is 5. The number of thioether (sulfide) groups is 1. The van der Waals surface area contributed by atoms with E-state index in [1.807, 2.05) is 67.6 Å². The molecule has 0 N–H and O–H groups in total. The van der Waals surface area contributed by atoms with Crippen LogP contribution in [-0.2, 0) is 17.9 Å². The fraction of sp³-hybridized carbons (Fsp3) is 0.154. The second-order valence-electron chi connectivity index (χ2n) is 7.45. The van der Waals surface area contributed by atoms with Gasteiger partial charge in [0.2, 0.25) is 0 Å². The van der Waals surface area contributed by atoms with Crippen molar-refractivity contribution in [1.82, 2.24) is 4.90 Å². The minimum atomic E-state index is -0.309. The summed E-state index contributed by atoms with van der Waals surface area (Å²) >= 11 is 10.3. The molecule has 174 valence electrons. The third kappa shape index (κ3) is 6.03. The number of ether oxygens (including phenoxy) is 2. The Kier molecular flexibility index (Phi) is 7.98. The minimum absolute atomic E-state index is 0.225. The molecule has 0 unspecified atom stereocenters. The molecule has 0 aromatic heterocycles. The van der Waals surface area contributed by atoms with Gasteiger partial charge in [0, 0.05) is 9.50 Å². The number of imide groups is 1. The van der Waals surface area contributed by atoms with Gasteiger partial charge < -0.3 is 9.47 Å². The van der Waals surface area contributed by atoms with Crippen LogP contribution < -0.4 is 9.47 Å². The number of carbonyl (C=O) groups excluding carboxylic acids is 2. The first-order valence-corrected chi connectivity index (χ1v) is 12.6. The Morgan fingerprint density at radius 3 is 2.50 bits per heavy atom. The molecule has 3 aromatic carbocycles. The first-order chi connectivity index (χ1) is 16.4. The van der Waals surface area contributed by atoms with Crippen molar-refractivity contribution in [3.63, 3.8) is 0 Å². The molecule has 3 aromatic rings. The van der Waals surface area contributed by atoms with E-state index in [1.54, 1.807) is 12.1 Å². The molecule has 1 fully saturated rings. The predicted octanol–water partition coefficient (Wildman–Crippen LogP) is 7.32. The van der Waals surface area contributed by atoms with Gasteiger partial charge in [-0.05, 0) is 77.9 Å². The zero-order chi connectivity index (χ0) is 24.1. The summed E-state index contributed by atoms with van der Waals surface area (Å²) in [5.41, 5.74) is 2.60. The molecule has 1 heterocycles. The maximum absolute atomic E-state index is 12.9. The van der Waals surface area contributed by atoms with E-state index in [4.69, 9.17) is 21.1 Å². The summed E-state index contributed by atoms with van der Waals surface area (Å²) in [6, 6.07) is 20.4. The van der Waals surface area contributed by atoms with Crippen LogP contribution in [0.15, 0.2) is 76.1 Å². The van der Waals surface area contributed by atoms with Crippen LogP contribution in [0.2, 0.25) is 5.02 Å². The van der Waals surface area contributed by atoms with Crippen LogP contribution in [-0.4, -0.2) is 22.7 Å². The van der Waals surface area contributed by atoms with Crippen molar-refractivity contribution >= 4 is 56.5 Å². The van der Waals surface area contributed by atoms with Gasteiger partial charge in [-0.15, -0.1) is 0 Å². The molecule has 0 atom stereocenters. The molecule has 0 spiro atoms. The summed E-state index contributed by atoms with van der Waals surface area (Å²) in [6.07, 6.45) is 1.71. The zero-order valence-corrected chi connectivity index (χ0v) is 21.5. The normalized spacial score (nSPS) is 14.7. The van der Waals surface area contributed by atoms with Gasteiger partial charge in [-0.25, -0.2) is 0 Å². The molecule has 5 nitrogen and oxygen atoms in total. The van der Waals surface area contributed by atoms with E-state index in [-0.39, 0.29) is 17.7 Å². The Balaban J connectivity index is 1.50. The summed E-state index contributed by atoms with van der Waals surface area (Å²) in [6.45, 7) is 2.95. The van der Waals surface area contributed by atoms with Crippen molar-refractivity contribution in [1.29, 1.82) is 0 Å². The minimum Gasteiger partial charge on any atom is -0.490 e. The van der Waals surface area contributed by atoms with E-state index in [0.29, 0.717) is 34.6 Å². The predicted molar refractivity (Wildman–Crippen MR) is 139 cm³/mol. The van der Waals surface area contributed by atoms with Crippen LogP contribution in [0, 0.1) is 0 Å². The lowest BCUT2D eigenvalue weighted by atomic mass is 10.1. The van der Waals surface area contributed by atoms with E-state index in [0.717, 1.165) is 32.9 Å². The van der Waals surface area contributed by atoms with Gasteiger partial charge in [0.05, 0.1) is 18.1 Å². The van der Waals surface area contributed by atoms with Crippen LogP contribution in [0.3, 0.4) is 0 Å². The Labute approximate surface area is 215 Å². The molecule has 1 saturated heterocycles. The third-order valence-corrected chi connectivity index (χ3v) is 6.63. The maximum Gasteiger partial charge on any atom is 0.293 e. The summed E-state index contributed by atoms with van der Waals surface area (Å²) in [4.78, 5) is 27.0. The summed E-state index contributed by atoms with van der Waals surface area (Å²) < 4.78 is 12.6. The smallest absolute Gasteiger partial charge is 0.293 e. The topological polar surface area (TPSA) is 55.8 Å². The van der Waals surface area contributed by atoms with Crippen LogP contribution in [0.4, 0.5) is 4.79 Å². The maximum atomic E-state index is 12.9. The van der Waals surface area contributed by atoms with Crippen molar-refractivity contribution < 1.29 is 19.1 Å². The fourth-order valence-electron chi connectivity index (χ4n) is 3.35. The molecule has 0 radical (unpaired) electrons. The van der Waals surface area contributed by atoms with Gasteiger partial charge in [0.15, 0.2) is 11.5 Å². The number of nitrogens with zero attached hydrogens (tertiary/aromatic N) is 1. The van der Waals surface area contributed by atoms with Gasteiger partial charge in [0.25, 0.3) is 11.1 Å². The number of hydrogen-bond donors (Lipinski definition) is 0. The van der Waals surface area contributed by atoms with Gasteiger partial charge in [0.1, 0.15) is 6.61 Å². The summed E-state index contributed by atoms with van der Waals surface area (Å²) in [7, 11) is 0. The molecule has 2 amide bonds. The molecule has 0 bridgehead atoms. The first-order valence-electron chi connectivity index (χ1n) is 10.6. The molecule has 0 saturated carbocycles. The Morgan fingerprint density at radius 1 is 0.971 bits per heavy atom. The number of benzene rings is 3. The number of amides is 2. The highest BCUT2D eigenvalue weighted by Gasteiger charge is 2.35. The van der Waals surface area contributed by atoms with Gasteiger partial charge >= 0.3 is 0 Å². The van der Waals surface area contributed by atoms with E-state index >= 15 is 0 Å². The van der Waals surface area contributed by atoms with Crippen LogP contribution in [0.1, 0.15) is 23.6 Å². The van der Waals surface area contributed by atoms with E-state index in [1.165, 1.54) is 4.90 Å². The fourth-order valence-corrected chi connectivity index (χ4v) is 4.76. The average Bonchev–Trinajstić information content (AvgIpc) is 3.07. The molecule has 0 aliphatic carbocycles. The monoisotopic (exact) mass is 557 g/mol. The van der Waals surface area contributed by atoms with Crippen molar-refractivity contribution in [3.8, 4) is 11.5 Å². The van der Waals surface area contributed by atoms with E-state index < -0.39 is 0 Å². The molecule has 34 heavy (non-hydrogen) atoms. The van der Waals surface area contributed by atoms with E-state index in [9.17, 15) is 9.59 Å². The van der Waals surface area contributed by atoms with Crippen molar-refractivity contribution in [2.75, 3.05) is 6.61 Å². The van der Waals surface area contributed by atoms with Gasteiger partial charge in [-0.1, -0.05) is 57.9 Å². The number of rotatable bonds is 8. The Hall–Kier alpha value is -2.74.